The van der Waals surface area contributed by atoms with Crippen LogP contribution < -0.4 is 16.4 Å². The van der Waals surface area contributed by atoms with E-state index in [2.05, 4.69) is 114 Å². The molecule has 0 spiro atoms. The average Bonchev–Trinajstić information content (AvgIpc) is 3.85. The average molecular weight is 602 g/mol. The highest BCUT2D eigenvalue weighted by Gasteiger charge is 2.43. The number of benzene rings is 6. The first kappa shape index (κ1) is 24.2. The molecule has 0 atom stereocenters. The van der Waals surface area contributed by atoms with Crippen LogP contribution in [-0.4, -0.2) is 26.3 Å². The maximum atomic E-state index is 6.58. The predicted molar refractivity (Wildman–Crippen MR) is 190 cm³/mol. The Morgan fingerprint density at radius 3 is 1.53 bits per heavy atom. The predicted octanol–water partition coefficient (Wildman–Crippen LogP) is 7.59. The molecule has 0 aliphatic carbocycles. The van der Waals surface area contributed by atoms with Crippen LogP contribution in [0.4, 0.5) is 0 Å². The van der Waals surface area contributed by atoms with Crippen molar-refractivity contribution in [2.24, 2.45) is 0 Å². The van der Waals surface area contributed by atoms with Crippen molar-refractivity contribution >= 4 is 88.8 Å². The summed E-state index contributed by atoms with van der Waals surface area (Å²) < 4.78 is 17.5. The lowest BCUT2D eigenvalue weighted by Crippen LogP contribution is -2.59. The van der Waals surface area contributed by atoms with Crippen LogP contribution in [0.1, 0.15) is 11.4 Å². The van der Waals surface area contributed by atoms with Crippen molar-refractivity contribution in [1.29, 1.82) is 0 Å². The molecule has 0 amide bonds. The van der Waals surface area contributed by atoms with E-state index in [-0.39, 0.29) is 6.71 Å². The zero-order chi connectivity index (χ0) is 30.7. The van der Waals surface area contributed by atoms with Crippen LogP contribution in [0.15, 0.2) is 112 Å². The van der Waals surface area contributed by atoms with E-state index in [1.54, 1.807) is 0 Å². The van der Waals surface area contributed by atoms with Crippen LogP contribution in [0.2, 0.25) is 0 Å². The second-order valence-corrected chi connectivity index (χ2v) is 13.0. The summed E-state index contributed by atoms with van der Waals surface area (Å²) in [4.78, 5) is 0. The van der Waals surface area contributed by atoms with Crippen molar-refractivity contribution in [3.63, 3.8) is 0 Å². The van der Waals surface area contributed by atoms with Gasteiger partial charge in [-0.3, -0.25) is 0 Å². The summed E-state index contributed by atoms with van der Waals surface area (Å²) in [6, 6.07) is 36.4. The van der Waals surface area contributed by atoms with Gasteiger partial charge in [0.25, 0.3) is 6.71 Å². The second kappa shape index (κ2) is 8.01. The lowest BCUT2D eigenvalue weighted by atomic mass is 9.34. The van der Waals surface area contributed by atoms with Gasteiger partial charge in [0.05, 0.1) is 33.8 Å². The van der Waals surface area contributed by atoms with Crippen LogP contribution in [0, 0.1) is 13.8 Å². The van der Waals surface area contributed by atoms with Gasteiger partial charge >= 0.3 is 0 Å². The Morgan fingerprint density at radius 2 is 1.00 bits per heavy atom. The lowest BCUT2D eigenvalue weighted by Gasteiger charge is -2.32. The van der Waals surface area contributed by atoms with Crippen molar-refractivity contribution in [3.8, 4) is 22.5 Å². The largest absolute Gasteiger partial charge is 0.456 e. The van der Waals surface area contributed by atoms with E-state index in [4.69, 9.17) is 19.0 Å². The Balaban J connectivity index is 1.32. The van der Waals surface area contributed by atoms with Gasteiger partial charge < -0.3 is 8.83 Å². The van der Waals surface area contributed by atoms with Crippen molar-refractivity contribution in [3.05, 3.63) is 115 Å². The lowest BCUT2D eigenvalue weighted by molar-refractivity contribution is 0.669. The van der Waals surface area contributed by atoms with Crippen LogP contribution in [0.25, 0.3) is 88.2 Å². The number of hydrogen-bond donors (Lipinski definition) is 0. The molecule has 0 saturated heterocycles. The SMILES string of the molecule is Cc1nn2c3c(cc4oc5ccccc5c4c13)B1c3c-2cc(-c2ccccc2)cc3-n2nc(C)c3c4c(cc1c32)oc1ccccc14. The van der Waals surface area contributed by atoms with E-state index >= 15 is 0 Å². The molecular weight excluding hydrogens is 579 g/mol. The Kier molecular flexibility index (Phi) is 4.12. The molecule has 218 valence electrons. The third kappa shape index (κ3) is 2.77. The number of aromatic nitrogens is 4. The van der Waals surface area contributed by atoms with Gasteiger partial charge in [-0.2, -0.15) is 10.2 Å². The summed E-state index contributed by atoms with van der Waals surface area (Å²) in [6.07, 6.45) is 0. The summed E-state index contributed by atoms with van der Waals surface area (Å²) in [5.41, 5.74) is 15.8. The number of hydrogen-bond acceptors (Lipinski definition) is 4. The van der Waals surface area contributed by atoms with E-state index < -0.39 is 0 Å². The van der Waals surface area contributed by atoms with Crippen LogP contribution in [0.5, 0.6) is 0 Å². The monoisotopic (exact) mass is 602 g/mol. The Hall–Kier alpha value is -6.08. The van der Waals surface area contributed by atoms with Crippen molar-refractivity contribution in [2.45, 2.75) is 13.8 Å². The highest BCUT2D eigenvalue weighted by molar-refractivity contribution is 7.00. The topological polar surface area (TPSA) is 61.9 Å². The highest BCUT2D eigenvalue weighted by Crippen LogP contribution is 2.42. The first-order chi connectivity index (χ1) is 23.1. The minimum absolute atomic E-state index is 0.0720. The fraction of sp³-hybridized carbons (Fsp3) is 0.0500. The zero-order valence-corrected chi connectivity index (χ0v) is 25.5. The molecule has 2 aliphatic heterocycles. The summed E-state index contributed by atoms with van der Waals surface area (Å²) in [5.74, 6) is 0. The Morgan fingerprint density at radius 1 is 0.511 bits per heavy atom. The molecule has 0 unspecified atom stereocenters. The van der Waals surface area contributed by atoms with E-state index in [9.17, 15) is 0 Å². The molecule has 6 heterocycles. The molecule has 6 aromatic carbocycles. The van der Waals surface area contributed by atoms with Gasteiger partial charge in [-0.1, -0.05) is 66.7 Å². The molecule has 10 aromatic rings. The van der Waals surface area contributed by atoms with Crippen molar-refractivity contribution in [1.82, 2.24) is 19.6 Å². The van der Waals surface area contributed by atoms with Gasteiger partial charge in [0.1, 0.15) is 22.3 Å². The molecule has 6 nitrogen and oxygen atoms in total. The fourth-order valence-corrected chi connectivity index (χ4v) is 8.79. The van der Waals surface area contributed by atoms with Gasteiger partial charge in [0.15, 0.2) is 0 Å². The molecule has 47 heavy (non-hydrogen) atoms. The summed E-state index contributed by atoms with van der Waals surface area (Å²) in [7, 11) is 0. The van der Waals surface area contributed by atoms with E-state index in [1.165, 1.54) is 16.4 Å². The van der Waals surface area contributed by atoms with Gasteiger partial charge in [-0.25, -0.2) is 9.36 Å². The van der Waals surface area contributed by atoms with Crippen LogP contribution in [0.3, 0.4) is 0 Å². The first-order valence-electron chi connectivity index (χ1n) is 16.0. The Labute approximate surface area is 267 Å². The molecule has 7 heteroatoms. The minimum Gasteiger partial charge on any atom is -0.456 e. The third-order valence-electron chi connectivity index (χ3n) is 10.6. The van der Waals surface area contributed by atoms with Crippen LogP contribution >= 0.6 is 0 Å². The van der Waals surface area contributed by atoms with Gasteiger partial charge in [0, 0.05) is 32.3 Å². The molecule has 0 bridgehead atoms. The number of rotatable bonds is 1. The smallest absolute Gasteiger partial charge is 0.252 e. The summed E-state index contributed by atoms with van der Waals surface area (Å²) in [5, 5.41) is 17.3. The van der Waals surface area contributed by atoms with Crippen molar-refractivity contribution < 1.29 is 8.83 Å². The van der Waals surface area contributed by atoms with Crippen molar-refractivity contribution in [2.75, 3.05) is 0 Å². The summed E-state index contributed by atoms with van der Waals surface area (Å²) in [6.45, 7) is 4.18. The van der Waals surface area contributed by atoms with Gasteiger partial charge in [-0.15, -0.1) is 0 Å². The van der Waals surface area contributed by atoms with Gasteiger partial charge in [0.2, 0.25) is 0 Å². The molecule has 4 aromatic heterocycles. The zero-order valence-electron chi connectivity index (χ0n) is 25.5. The number of aryl methyl sites for hydroxylation is 2. The molecule has 2 aliphatic rings. The Bertz CT molecular complexity index is 2870. The first-order valence-corrected chi connectivity index (χ1v) is 16.0. The van der Waals surface area contributed by atoms with E-state index in [0.717, 1.165) is 99.6 Å². The normalized spacial score (nSPS) is 13.3. The maximum Gasteiger partial charge on any atom is 0.252 e. The fourth-order valence-electron chi connectivity index (χ4n) is 8.79. The third-order valence-corrected chi connectivity index (χ3v) is 10.6. The van der Waals surface area contributed by atoms with E-state index in [1.807, 2.05) is 12.1 Å². The standard InChI is InChI=1S/C40H23BN4O2/c1-20-34-36-24-12-6-8-14-30(24)46-32(36)18-26-39(34)44(42-20)28-16-23(22-10-4-3-5-11-22)17-29-38(28)41(26)27-19-33-37(25-13-7-9-15-31(25)47-33)35-21(2)43-45(29)40(27)35/h3-19H,1-2H3. The quantitative estimate of drug-likeness (QED) is 0.182. The molecule has 0 saturated carbocycles. The number of furan rings is 2. The van der Waals surface area contributed by atoms with Gasteiger partial charge in [-0.05, 0) is 77.8 Å². The summed E-state index contributed by atoms with van der Waals surface area (Å²) >= 11 is 0. The molecular formula is C40H23BN4O2. The number of fused-ring (bicyclic) bond motifs is 12. The molecule has 12 rings (SSSR count). The molecule has 0 radical (unpaired) electrons. The van der Waals surface area contributed by atoms with Crippen LogP contribution in [-0.2, 0) is 0 Å². The van der Waals surface area contributed by atoms with E-state index in [0.29, 0.717) is 0 Å². The number of nitrogens with zero attached hydrogens (tertiary/aromatic N) is 4. The maximum absolute atomic E-state index is 6.58. The molecule has 0 N–H and O–H groups in total. The molecule has 0 fully saturated rings. The second-order valence-electron chi connectivity index (χ2n) is 13.0. The number of para-hydroxylation sites is 2. The minimum atomic E-state index is -0.0720. The highest BCUT2D eigenvalue weighted by atomic mass is 16.3.